The van der Waals surface area contributed by atoms with E-state index < -0.39 is 0 Å². The number of hydrogen-bond acceptors (Lipinski definition) is 0. The molecule has 4 aromatic rings. The van der Waals surface area contributed by atoms with Gasteiger partial charge in [0.2, 0.25) is 0 Å². The van der Waals surface area contributed by atoms with Crippen molar-refractivity contribution in [1.29, 1.82) is 0 Å². The molecule has 0 saturated carbocycles. The minimum atomic E-state index is 0.354. The first-order valence-electron chi connectivity index (χ1n) is 7.81. The van der Waals surface area contributed by atoms with Crippen LogP contribution < -0.4 is 0 Å². The maximum absolute atomic E-state index is 3.53. The summed E-state index contributed by atoms with van der Waals surface area (Å²) in [5.74, 6) is 0.354. The van der Waals surface area contributed by atoms with Crippen LogP contribution in [-0.2, 0) is 0 Å². The number of benzene rings is 2. The molecule has 0 atom stereocenters. The van der Waals surface area contributed by atoms with Crippen LogP contribution >= 0.6 is 0 Å². The largest absolute Gasteiger partial charge is 0.358 e. The van der Waals surface area contributed by atoms with Crippen LogP contribution in [0.25, 0.3) is 21.8 Å². The van der Waals surface area contributed by atoms with Crippen molar-refractivity contribution < 1.29 is 0 Å². The van der Waals surface area contributed by atoms with Gasteiger partial charge in [0.1, 0.15) is 0 Å². The van der Waals surface area contributed by atoms with Crippen molar-refractivity contribution in [3.05, 3.63) is 71.0 Å². The molecule has 0 aliphatic carbocycles. The average Bonchev–Trinajstić information content (AvgIpc) is 3.01. The number of aromatic nitrogens is 2. The van der Waals surface area contributed by atoms with Crippen LogP contribution in [0.15, 0.2) is 48.5 Å². The Bertz CT molecular complexity index is 892. The highest BCUT2D eigenvalue weighted by Crippen LogP contribution is 2.38. The Morgan fingerprint density at radius 1 is 0.682 bits per heavy atom. The molecule has 2 heteroatoms. The van der Waals surface area contributed by atoms with Crippen LogP contribution in [0.5, 0.6) is 0 Å². The lowest BCUT2D eigenvalue weighted by molar-refractivity contribution is 0.912. The number of fused-ring (bicyclic) bond motifs is 2. The molecule has 2 aromatic heterocycles. The third-order valence-corrected chi connectivity index (χ3v) is 4.75. The van der Waals surface area contributed by atoms with Crippen molar-refractivity contribution in [1.82, 2.24) is 9.97 Å². The summed E-state index contributed by atoms with van der Waals surface area (Å²) in [5.41, 5.74) is 7.78. The third-order valence-electron chi connectivity index (χ3n) is 4.75. The molecule has 0 fully saturated rings. The summed E-state index contributed by atoms with van der Waals surface area (Å²) in [6, 6.07) is 17.2. The van der Waals surface area contributed by atoms with Gasteiger partial charge >= 0.3 is 0 Å². The van der Waals surface area contributed by atoms with Crippen molar-refractivity contribution in [3.8, 4) is 0 Å². The smallest absolute Gasteiger partial charge is 0.0459 e. The van der Waals surface area contributed by atoms with E-state index in [2.05, 4.69) is 79.3 Å². The average molecular weight is 288 g/mol. The molecule has 2 nitrogen and oxygen atoms in total. The summed E-state index contributed by atoms with van der Waals surface area (Å²) < 4.78 is 0. The van der Waals surface area contributed by atoms with Gasteiger partial charge in [0, 0.05) is 39.1 Å². The normalized spacial score (nSPS) is 11.8. The first-order valence-corrected chi connectivity index (χ1v) is 7.81. The first kappa shape index (κ1) is 13.2. The van der Waals surface area contributed by atoms with Crippen LogP contribution in [0.3, 0.4) is 0 Å². The van der Waals surface area contributed by atoms with Crippen molar-refractivity contribution in [2.75, 3.05) is 0 Å². The van der Waals surface area contributed by atoms with E-state index in [1.54, 1.807) is 0 Å². The van der Waals surface area contributed by atoms with E-state index >= 15 is 0 Å². The number of aromatic amines is 2. The zero-order valence-electron chi connectivity index (χ0n) is 13.2. The molecule has 0 unspecified atom stereocenters. The van der Waals surface area contributed by atoms with Crippen LogP contribution in [0.4, 0.5) is 0 Å². The Balaban J connectivity index is 1.98. The fraction of sp³-hybridized carbons (Fsp3) is 0.200. The SMILES string of the molecule is Cc1[nH]c2ccccc2c1C(C)c1c(C)[nH]c2ccccc12. The minimum Gasteiger partial charge on any atom is -0.358 e. The van der Waals surface area contributed by atoms with Crippen LogP contribution in [-0.4, -0.2) is 9.97 Å². The van der Waals surface area contributed by atoms with Gasteiger partial charge in [-0.25, -0.2) is 0 Å². The number of H-pyrrole nitrogens is 2. The summed E-state index contributed by atoms with van der Waals surface area (Å²) in [5, 5.41) is 2.66. The van der Waals surface area contributed by atoms with Crippen LogP contribution in [0.1, 0.15) is 35.4 Å². The topological polar surface area (TPSA) is 31.6 Å². The highest BCUT2D eigenvalue weighted by Gasteiger charge is 2.21. The zero-order chi connectivity index (χ0) is 15.3. The zero-order valence-corrected chi connectivity index (χ0v) is 13.2. The van der Waals surface area contributed by atoms with Gasteiger partial charge in [-0.05, 0) is 37.1 Å². The van der Waals surface area contributed by atoms with Crippen molar-refractivity contribution in [2.24, 2.45) is 0 Å². The molecule has 110 valence electrons. The molecule has 0 spiro atoms. The summed E-state index contributed by atoms with van der Waals surface area (Å²) >= 11 is 0. The van der Waals surface area contributed by atoms with Gasteiger partial charge in [-0.15, -0.1) is 0 Å². The lowest BCUT2D eigenvalue weighted by Crippen LogP contribution is -1.98. The number of para-hydroxylation sites is 2. The molecule has 0 aliphatic heterocycles. The lowest BCUT2D eigenvalue weighted by atomic mass is 9.89. The predicted octanol–water partition coefficient (Wildman–Crippen LogP) is 5.42. The molecule has 0 radical (unpaired) electrons. The van der Waals surface area contributed by atoms with Gasteiger partial charge in [-0.1, -0.05) is 43.3 Å². The van der Waals surface area contributed by atoms with E-state index in [1.807, 2.05) is 0 Å². The van der Waals surface area contributed by atoms with Crippen LogP contribution in [0.2, 0.25) is 0 Å². The molecule has 0 saturated heterocycles. The van der Waals surface area contributed by atoms with Gasteiger partial charge in [-0.3, -0.25) is 0 Å². The van der Waals surface area contributed by atoms with Gasteiger partial charge in [0.25, 0.3) is 0 Å². The Kier molecular flexibility index (Phi) is 2.86. The maximum Gasteiger partial charge on any atom is 0.0459 e. The van der Waals surface area contributed by atoms with E-state index in [0.29, 0.717) is 5.92 Å². The quantitative estimate of drug-likeness (QED) is 0.494. The second-order valence-electron chi connectivity index (χ2n) is 6.14. The van der Waals surface area contributed by atoms with E-state index in [1.165, 1.54) is 44.3 Å². The Labute approximate surface area is 130 Å². The molecular formula is C20H20N2. The minimum absolute atomic E-state index is 0.354. The highest BCUT2D eigenvalue weighted by atomic mass is 14.7. The lowest BCUT2D eigenvalue weighted by Gasteiger charge is -2.13. The summed E-state index contributed by atoms with van der Waals surface area (Å²) in [4.78, 5) is 7.05. The van der Waals surface area contributed by atoms with E-state index in [4.69, 9.17) is 0 Å². The molecule has 22 heavy (non-hydrogen) atoms. The molecule has 0 amide bonds. The predicted molar refractivity (Wildman–Crippen MR) is 93.6 cm³/mol. The molecule has 0 bridgehead atoms. The third kappa shape index (κ3) is 1.80. The van der Waals surface area contributed by atoms with Crippen LogP contribution in [0, 0.1) is 13.8 Å². The molecular weight excluding hydrogens is 268 g/mol. The van der Waals surface area contributed by atoms with Gasteiger partial charge in [-0.2, -0.15) is 0 Å². The fourth-order valence-corrected chi connectivity index (χ4v) is 3.86. The van der Waals surface area contributed by atoms with Gasteiger partial charge in [0.15, 0.2) is 0 Å². The van der Waals surface area contributed by atoms with E-state index in [9.17, 15) is 0 Å². The van der Waals surface area contributed by atoms with E-state index in [-0.39, 0.29) is 0 Å². The highest BCUT2D eigenvalue weighted by molar-refractivity contribution is 5.89. The number of rotatable bonds is 2. The Hall–Kier alpha value is -2.48. The summed E-state index contributed by atoms with van der Waals surface area (Å²) in [6.45, 7) is 6.66. The maximum atomic E-state index is 3.53. The Morgan fingerprint density at radius 3 is 1.55 bits per heavy atom. The number of hydrogen-bond donors (Lipinski definition) is 2. The second kappa shape index (κ2) is 4.77. The molecule has 4 rings (SSSR count). The number of aryl methyl sites for hydroxylation is 2. The van der Waals surface area contributed by atoms with Crippen molar-refractivity contribution in [2.45, 2.75) is 26.7 Å². The Morgan fingerprint density at radius 2 is 1.09 bits per heavy atom. The fourth-order valence-electron chi connectivity index (χ4n) is 3.86. The van der Waals surface area contributed by atoms with Gasteiger partial charge < -0.3 is 9.97 Å². The molecule has 2 aromatic carbocycles. The first-order chi connectivity index (χ1) is 10.7. The van der Waals surface area contributed by atoms with Crippen molar-refractivity contribution in [3.63, 3.8) is 0 Å². The molecule has 2 N–H and O–H groups in total. The summed E-state index contributed by atoms with van der Waals surface area (Å²) in [7, 11) is 0. The molecule has 2 heterocycles. The van der Waals surface area contributed by atoms with Gasteiger partial charge in [0.05, 0.1) is 0 Å². The standard InChI is InChI=1S/C20H20N2/c1-12(19-13(2)21-17-10-6-4-8-15(17)19)20-14(3)22-18-11-7-5-9-16(18)20/h4-12,21-22H,1-3H3. The van der Waals surface area contributed by atoms with Crippen molar-refractivity contribution >= 4 is 21.8 Å². The number of nitrogens with one attached hydrogen (secondary N) is 2. The summed E-state index contributed by atoms with van der Waals surface area (Å²) in [6.07, 6.45) is 0. The monoisotopic (exact) mass is 288 g/mol. The second-order valence-corrected chi connectivity index (χ2v) is 6.14. The van der Waals surface area contributed by atoms with E-state index in [0.717, 1.165) is 0 Å². The molecule has 0 aliphatic rings.